The van der Waals surface area contributed by atoms with E-state index in [0.29, 0.717) is 19.5 Å². The van der Waals surface area contributed by atoms with Gasteiger partial charge in [-0.05, 0) is 35.6 Å². The maximum Gasteiger partial charge on any atom is 0.230 e. The Morgan fingerprint density at radius 1 is 1.04 bits per heavy atom. The van der Waals surface area contributed by atoms with Gasteiger partial charge in [0.1, 0.15) is 11.6 Å². The molecule has 1 aliphatic carbocycles. The smallest absolute Gasteiger partial charge is 0.230 e. The van der Waals surface area contributed by atoms with Crippen LogP contribution in [0.15, 0.2) is 48.8 Å². The van der Waals surface area contributed by atoms with Crippen LogP contribution in [-0.2, 0) is 30.6 Å². The Morgan fingerprint density at radius 3 is 2.86 bits per heavy atom. The highest BCUT2D eigenvalue weighted by molar-refractivity contribution is 5.85. The number of benzene rings is 1. The molecule has 0 saturated heterocycles. The van der Waals surface area contributed by atoms with Crippen molar-refractivity contribution in [1.29, 1.82) is 0 Å². The summed E-state index contributed by atoms with van der Waals surface area (Å²) in [4.78, 5) is 19.4. The lowest BCUT2D eigenvalue weighted by Crippen LogP contribution is -2.36. The van der Waals surface area contributed by atoms with Crippen LogP contribution in [0.3, 0.4) is 0 Å². The molecule has 3 heterocycles. The summed E-state index contributed by atoms with van der Waals surface area (Å²) in [5.41, 5.74) is 3.66. The first kappa shape index (κ1) is 17.1. The third-order valence-electron chi connectivity index (χ3n) is 5.93. The van der Waals surface area contributed by atoms with E-state index in [-0.39, 0.29) is 11.8 Å². The molecule has 0 N–H and O–H groups in total. The molecular formula is C22H23N5O. The lowest BCUT2D eigenvalue weighted by Gasteiger charge is -2.24. The predicted octanol–water partition coefficient (Wildman–Crippen LogP) is 2.38. The molecule has 0 unspecified atom stereocenters. The van der Waals surface area contributed by atoms with Gasteiger partial charge in [0.15, 0.2) is 0 Å². The number of amides is 1. The van der Waals surface area contributed by atoms with Gasteiger partial charge in [0.25, 0.3) is 0 Å². The first-order valence-corrected chi connectivity index (χ1v) is 9.96. The van der Waals surface area contributed by atoms with Crippen molar-refractivity contribution in [1.82, 2.24) is 24.6 Å². The molecule has 142 valence electrons. The Bertz CT molecular complexity index is 997. The summed E-state index contributed by atoms with van der Waals surface area (Å²) < 4.78 is 2.18. The van der Waals surface area contributed by atoms with Gasteiger partial charge in [0.05, 0.1) is 5.92 Å². The largest absolute Gasteiger partial charge is 0.340 e. The summed E-state index contributed by atoms with van der Waals surface area (Å²) >= 11 is 0. The molecule has 1 aliphatic heterocycles. The third kappa shape index (κ3) is 3.09. The van der Waals surface area contributed by atoms with Crippen LogP contribution in [0.4, 0.5) is 0 Å². The van der Waals surface area contributed by atoms with Gasteiger partial charge in [-0.15, -0.1) is 10.2 Å². The van der Waals surface area contributed by atoms with Crippen LogP contribution in [0, 0.1) is 0 Å². The average molecular weight is 373 g/mol. The summed E-state index contributed by atoms with van der Waals surface area (Å²) in [6, 6.07) is 12.4. The fourth-order valence-electron chi connectivity index (χ4n) is 4.45. The Labute approximate surface area is 164 Å². The van der Waals surface area contributed by atoms with Crippen molar-refractivity contribution in [3.63, 3.8) is 0 Å². The second kappa shape index (κ2) is 7.19. The lowest BCUT2D eigenvalue weighted by atomic mass is 10.00. The molecule has 0 radical (unpaired) electrons. The SMILES string of the molecule is O=C([C@@H]1CCc2ccccc21)N1CCc2nnc(Cc3cccnc3)n2CC1. The fourth-order valence-corrected chi connectivity index (χ4v) is 4.45. The number of carbonyl (C=O) groups excluding carboxylic acids is 1. The second-order valence-electron chi connectivity index (χ2n) is 7.59. The number of pyridine rings is 1. The first-order chi connectivity index (χ1) is 13.8. The number of aromatic nitrogens is 4. The predicted molar refractivity (Wildman–Crippen MR) is 105 cm³/mol. The van der Waals surface area contributed by atoms with E-state index >= 15 is 0 Å². The maximum absolute atomic E-state index is 13.2. The summed E-state index contributed by atoms with van der Waals surface area (Å²) in [7, 11) is 0. The van der Waals surface area contributed by atoms with Crippen LogP contribution >= 0.6 is 0 Å². The molecule has 0 bridgehead atoms. The molecule has 0 spiro atoms. The molecule has 0 saturated carbocycles. The van der Waals surface area contributed by atoms with Gasteiger partial charge in [0, 0.05) is 44.9 Å². The number of fused-ring (bicyclic) bond motifs is 2. The maximum atomic E-state index is 13.2. The highest BCUT2D eigenvalue weighted by Gasteiger charge is 2.32. The minimum atomic E-state index is 0.00890. The Kier molecular flexibility index (Phi) is 4.39. The minimum absolute atomic E-state index is 0.00890. The monoisotopic (exact) mass is 373 g/mol. The fraction of sp³-hybridized carbons (Fsp3) is 0.364. The van der Waals surface area contributed by atoms with Gasteiger partial charge in [-0.1, -0.05) is 30.3 Å². The number of hydrogen-bond donors (Lipinski definition) is 0. The van der Waals surface area contributed by atoms with Crippen LogP contribution in [0.2, 0.25) is 0 Å². The summed E-state index contributed by atoms with van der Waals surface area (Å²) in [6.07, 6.45) is 7.03. The van der Waals surface area contributed by atoms with Gasteiger partial charge in [-0.3, -0.25) is 9.78 Å². The highest BCUT2D eigenvalue weighted by Crippen LogP contribution is 2.34. The lowest BCUT2D eigenvalue weighted by molar-refractivity contribution is -0.132. The normalized spacial score (nSPS) is 18.4. The Hall–Kier alpha value is -3.02. The minimum Gasteiger partial charge on any atom is -0.340 e. The van der Waals surface area contributed by atoms with Crippen LogP contribution in [0.5, 0.6) is 0 Å². The number of hydrogen-bond acceptors (Lipinski definition) is 4. The number of nitrogens with zero attached hydrogens (tertiary/aromatic N) is 5. The van der Waals surface area contributed by atoms with E-state index in [1.54, 1.807) is 6.20 Å². The highest BCUT2D eigenvalue weighted by atomic mass is 16.2. The molecule has 0 fully saturated rings. The number of aryl methyl sites for hydroxylation is 1. The Morgan fingerprint density at radius 2 is 1.96 bits per heavy atom. The molecule has 6 nitrogen and oxygen atoms in total. The quantitative estimate of drug-likeness (QED) is 0.707. The molecule has 5 rings (SSSR count). The zero-order chi connectivity index (χ0) is 18.9. The molecule has 1 amide bonds. The zero-order valence-corrected chi connectivity index (χ0v) is 15.8. The zero-order valence-electron chi connectivity index (χ0n) is 15.8. The van der Waals surface area contributed by atoms with Crippen LogP contribution in [0.1, 0.15) is 40.7 Å². The van der Waals surface area contributed by atoms with Gasteiger partial charge in [-0.25, -0.2) is 0 Å². The number of carbonyl (C=O) groups is 1. The molecule has 3 aromatic rings. The van der Waals surface area contributed by atoms with Crippen molar-refractivity contribution < 1.29 is 4.79 Å². The van der Waals surface area contributed by atoms with Gasteiger partial charge >= 0.3 is 0 Å². The van der Waals surface area contributed by atoms with E-state index in [1.807, 2.05) is 23.2 Å². The van der Waals surface area contributed by atoms with Crippen LogP contribution in [0.25, 0.3) is 0 Å². The van der Waals surface area contributed by atoms with Gasteiger partial charge in [-0.2, -0.15) is 0 Å². The molecule has 28 heavy (non-hydrogen) atoms. The third-order valence-corrected chi connectivity index (χ3v) is 5.93. The second-order valence-corrected chi connectivity index (χ2v) is 7.59. The van der Waals surface area contributed by atoms with E-state index in [9.17, 15) is 4.79 Å². The van der Waals surface area contributed by atoms with E-state index in [0.717, 1.165) is 43.0 Å². The van der Waals surface area contributed by atoms with E-state index in [2.05, 4.69) is 44.0 Å². The molecule has 1 atom stereocenters. The van der Waals surface area contributed by atoms with Crippen molar-refractivity contribution in [2.45, 2.75) is 38.1 Å². The van der Waals surface area contributed by atoms with E-state index in [4.69, 9.17) is 0 Å². The van der Waals surface area contributed by atoms with Crippen LogP contribution < -0.4 is 0 Å². The summed E-state index contributed by atoms with van der Waals surface area (Å²) in [5.74, 6) is 2.19. The molecule has 6 heteroatoms. The van der Waals surface area contributed by atoms with Crippen molar-refractivity contribution >= 4 is 5.91 Å². The van der Waals surface area contributed by atoms with Crippen molar-refractivity contribution in [2.75, 3.05) is 13.1 Å². The standard InChI is InChI=1S/C22H23N5O/c28-22(19-8-7-17-5-1-2-6-18(17)19)26-11-9-20-24-25-21(27(20)13-12-26)14-16-4-3-10-23-15-16/h1-6,10,15,19H,7-9,11-14H2/t19-/m1/s1. The summed E-state index contributed by atoms with van der Waals surface area (Å²) in [6.45, 7) is 2.17. The van der Waals surface area contributed by atoms with E-state index < -0.39 is 0 Å². The molecule has 2 aliphatic rings. The van der Waals surface area contributed by atoms with Gasteiger partial charge in [0.2, 0.25) is 5.91 Å². The van der Waals surface area contributed by atoms with Crippen molar-refractivity contribution in [3.8, 4) is 0 Å². The van der Waals surface area contributed by atoms with Crippen molar-refractivity contribution in [3.05, 3.63) is 77.1 Å². The summed E-state index contributed by atoms with van der Waals surface area (Å²) in [5, 5.41) is 8.79. The number of rotatable bonds is 3. The van der Waals surface area contributed by atoms with Gasteiger partial charge < -0.3 is 9.47 Å². The van der Waals surface area contributed by atoms with Crippen molar-refractivity contribution in [2.24, 2.45) is 0 Å². The molecule has 1 aromatic carbocycles. The van der Waals surface area contributed by atoms with E-state index in [1.165, 1.54) is 11.1 Å². The average Bonchev–Trinajstić information content (AvgIpc) is 3.26. The Balaban J connectivity index is 1.31. The molecular weight excluding hydrogens is 350 g/mol. The first-order valence-electron chi connectivity index (χ1n) is 9.96. The topological polar surface area (TPSA) is 63.9 Å². The molecule has 2 aromatic heterocycles. The van der Waals surface area contributed by atoms with Crippen LogP contribution in [-0.4, -0.2) is 43.6 Å².